The largest absolute Gasteiger partial charge is 0.368 e. The van der Waals surface area contributed by atoms with E-state index in [-0.39, 0.29) is 12.7 Å². The topological polar surface area (TPSA) is 151 Å². The smallest absolute Gasteiger partial charge is 0.340 e. The average molecular weight is 519 g/mol. The molecule has 3 aromatic rings. The summed E-state index contributed by atoms with van der Waals surface area (Å²) < 4.78 is 33.8. The zero-order valence-electron chi connectivity index (χ0n) is 18.9. The van der Waals surface area contributed by atoms with Crippen LogP contribution in [0.2, 0.25) is 0 Å². The maximum Gasteiger partial charge on any atom is 0.340 e. The first-order chi connectivity index (χ1) is 16.6. The van der Waals surface area contributed by atoms with Gasteiger partial charge in [-0.25, -0.2) is 9.97 Å². The van der Waals surface area contributed by atoms with Crippen LogP contribution in [0.1, 0.15) is 35.9 Å². The number of hydrogen-bond acceptors (Lipinski definition) is 7. The number of hydrogen-bond donors (Lipinski definition) is 4. The van der Waals surface area contributed by atoms with E-state index in [1.165, 1.54) is 0 Å². The molecule has 1 fully saturated rings. The molecular formula is C23H27N3O7P2. The third kappa shape index (κ3) is 7.06. The van der Waals surface area contributed by atoms with Gasteiger partial charge in [0.1, 0.15) is 5.82 Å². The number of benzene rings is 2. The summed E-state index contributed by atoms with van der Waals surface area (Å²) in [6.45, 7) is 4.16. The van der Waals surface area contributed by atoms with Crippen LogP contribution in [-0.2, 0) is 24.9 Å². The fourth-order valence-electron chi connectivity index (χ4n) is 3.92. The highest BCUT2D eigenvalue weighted by atomic mass is 31.2. The van der Waals surface area contributed by atoms with E-state index >= 15 is 0 Å². The second-order valence-corrected chi connectivity index (χ2v) is 12.3. The molecule has 1 aliphatic rings. The molecule has 186 valence electrons. The molecule has 12 heteroatoms. The zero-order chi connectivity index (χ0) is 25.1. The Morgan fingerprint density at radius 3 is 2.60 bits per heavy atom. The predicted molar refractivity (Wildman–Crippen MR) is 133 cm³/mol. The van der Waals surface area contributed by atoms with E-state index in [0.29, 0.717) is 31.0 Å². The number of rotatable bonds is 10. The zero-order valence-corrected chi connectivity index (χ0v) is 20.6. The van der Waals surface area contributed by atoms with Gasteiger partial charge in [0, 0.05) is 11.9 Å². The van der Waals surface area contributed by atoms with Gasteiger partial charge in [-0.15, -0.1) is 0 Å². The van der Waals surface area contributed by atoms with Crippen molar-refractivity contribution in [2.75, 3.05) is 17.8 Å². The minimum Gasteiger partial charge on any atom is -0.368 e. The van der Waals surface area contributed by atoms with Gasteiger partial charge in [-0.1, -0.05) is 43.0 Å². The molecule has 0 saturated carbocycles. The Hall–Kier alpha value is -2.42. The lowest BCUT2D eigenvalue weighted by Crippen LogP contribution is -2.14. The van der Waals surface area contributed by atoms with Gasteiger partial charge in [-0.3, -0.25) is 9.13 Å². The highest BCUT2D eigenvalue weighted by molar-refractivity contribution is 7.70. The molecular weight excluding hydrogens is 492 g/mol. The lowest BCUT2D eigenvalue weighted by molar-refractivity contribution is 0.0150. The standard InChI is InChI=1S/C23H27N3O7P2/c1-2-22-25-20-12-17(8-10-19(20)23(26-22)24-13-16-6-4-3-5-7-16)21-11-9-18(33-21)14-32-35(30,31)15-34(27,28)29/h2-8,10,12,18,21H,1,9,11,13-15H2,(H,30,31)(H,24,25,26)(H2,27,28,29)/t18-,21+/m0/s1. The molecule has 1 aromatic heterocycles. The Kier molecular flexibility index (Phi) is 7.83. The van der Waals surface area contributed by atoms with Gasteiger partial charge < -0.3 is 29.3 Å². The number of nitrogens with one attached hydrogen (secondary N) is 1. The summed E-state index contributed by atoms with van der Waals surface area (Å²) >= 11 is 0. The minimum absolute atomic E-state index is 0.228. The second-order valence-electron chi connectivity index (χ2n) is 8.31. The van der Waals surface area contributed by atoms with Crippen LogP contribution in [0.4, 0.5) is 5.82 Å². The molecule has 0 bridgehead atoms. The first-order valence-electron chi connectivity index (χ1n) is 11.0. The van der Waals surface area contributed by atoms with E-state index in [1.807, 2.05) is 48.5 Å². The van der Waals surface area contributed by atoms with Crippen LogP contribution in [0.5, 0.6) is 0 Å². The van der Waals surface area contributed by atoms with Gasteiger partial charge in [-0.05, 0) is 42.2 Å². The number of nitrogens with zero attached hydrogens (tertiary/aromatic N) is 2. The van der Waals surface area contributed by atoms with Crippen molar-refractivity contribution in [3.63, 3.8) is 0 Å². The summed E-state index contributed by atoms with van der Waals surface area (Å²) in [4.78, 5) is 36.6. The molecule has 4 N–H and O–H groups in total. The Balaban J connectivity index is 1.46. The first kappa shape index (κ1) is 25.7. The molecule has 35 heavy (non-hydrogen) atoms. The number of ether oxygens (including phenoxy) is 1. The molecule has 3 atom stereocenters. The van der Waals surface area contributed by atoms with Gasteiger partial charge >= 0.3 is 15.2 Å². The monoisotopic (exact) mass is 519 g/mol. The summed E-state index contributed by atoms with van der Waals surface area (Å²) in [6, 6.07) is 15.8. The van der Waals surface area contributed by atoms with Crippen LogP contribution in [0.15, 0.2) is 55.1 Å². The molecule has 1 unspecified atom stereocenters. The predicted octanol–water partition coefficient (Wildman–Crippen LogP) is 4.44. The van der Waals surface area contributed by atoms with Crippen molar-refractivity contribution in [2.45, 2.75) is 31.6 Å². The van der Waals surface area contributed by atoms with E-state index in [4.69, 9.17) is 19.0 Å². The Bertz CT molecular complexity index is 1300. The maximum absolute atomic E-state index is 11.9. The van der Waals surface area contributed by atoms with Crippen molar-refractivity contribution < 1.29 is 33.1 Å². The van der Waals surface area contributed by atoms with Crippen molar-refractivity contribution in [1.82, 2.24) is 9.97 Å². The van der Waals surface area contributed by atoms with Gasteiger partial charge in [0.05, 0.1) is 24.3 Å². The molecule has 4 rings (SSSR count). The molecule has 2 aromatic carbocycles. The fraction of sp³-hybridized carbons (Fsp3) is 0.304. The van der Waals surface area contributed by atoms with Crippen LogP contribution < -0.4 is 5.32 Å². The third-order valence-corrected chi connectivity index (χ3v) is 8.98. The van der Waals surface area contributed by atoms with Crippen molar-refractivity contribution in [3.05, 3.63) is 72.1 Å². The van der Waals surface area contributed by atoms with Gasteiger partial charge in [0.2, 0.25) is 0 Å². The molecule has 0 spiro atoms. The van der Waals surface area contributed by atoms with Crippen molar-refractivity contribution in [2.24, 2.45) is 0 Å². The first-order valence-corrected chi connectivity index (χ1v) is 14.6. The minimum atomic E-state index is -4.67. The number of fused-ring (bicyclic) bond motifs is 1. The number of aromatic nitrogens is 2. The van der Waals surface area contributed by atoms with Crippen molar-refractivity contribution >= 4 is 38.0 Å². The van der Waals surface area contributed by atoms with Gasteiger partial charge in [-0.2, -0.15) is 0 Å². The third-order valence-electron chi connectivity index (χ3n) is 5.53. The average Bonchev–Trinajstić information content (AvgIpc) is 3.29. The van der Waals surface area contributed by atoms with Crippen molar-refractivity contribution in [1.29, 1.82) is 0 Å². The van der Waals surface area contributed by atoms with E-state index in [2.05, 4.69) is 21.9 Å². The van der Waals surface area contributed by atoms with E-state index in [0.717, 1.165) is 22.0 Å². The molecule has 0 radical (unpaired) electrons. The highest BCUT2D eigenvalue weighted by Gasteiger charge is 2.34. The summed E-state index contributed by atoms with van der Waals surface area (Å²) in [7, 11) is -9.08. The summed E-state index contributed by atoms with van der Waals surface area (Å²) in [6.07, 6.45) is 2.08. The molecule has 0 amide bonds. The van der Waals surface area contributed by atoms with Crippen LogP contribution in [-0.4, -0.2) is 43.3 Å². The maximum atomic E-state index is 11.9. The Morgan fingerprint density at radius 2 is 1.89 bits per heavy atom. The van der Waals surface area contributed by atoms with E-state index in [1.54, 1.807) is 6.08 Å². The number of anilines is 1. The van der Waals surface area contributed by atoms with Gasteiger partial charge in [0.25, 0.3) is 0 Å². The molecule has 0 aliphatic carbocycles. The van der Waals surface area contributed by atoms with Crippen LogP contribution in [0.3, 0.4) is 0 Å². The summed E-state index contributed by atoms with van der Waals surface area (Å²) in [5, 5.41) is 4.22. The SMILES string of the molecule is C=Cc1nc(NCc2ccccc2)c2ccc([C@H]3CC[C@@H](COP(=O)(O)CP(=O)(O)O)O3)cc2n1. The summed E-state index contributed by atoms with van der Waals surface area (Å²) in [5.41, 5.74) is 2.75. The van der Waals surface area contributed by atoms with E-state index in [9.17, 15) is 14.0 Å². The Morgan fingerprint density at radius 1 is 1.11 bits per heavy atom. The second kappa shape index (κ2) is 10.7. The molecule has 1 aliphatic heterocycles. The quantitative estimate of drug-likeness (QED) is 0.283. The van der Waals surface area contributed by atoms with E-state index < -0.39 is 27.2 Å². The molecule has 1 saturated heterocycles. The normalized spacial score (nSPS) is 20.0. The molecule has 2 heterocycles. The van der Waals surface area contributed by atoms with Crippen LogP contribution in [0, 0.1) is 0 Å². The Labute approximate surface area is 202 Å². The lowest BCUT2D eigenvalue weighted by Gasteiger charge is -2.18. The fourth-order valence-corrected chi connectivity index (χ4v) is 6.51. The van der Waals surface area contributed by atoms with Gasteiger partial charge in [0.15, 0.2) is 11.7 Å². The van der Waals surface area contributed by atoms with Crippen LogP contribution in [0.25, 0.3) is 17.0 Å². The van der Waals surface area contributed by atoms with Crippen LogP contribution >= 0.6 is 15.2 Å². The van der Waals surface area contributed by atoms with Crippen molar-refractivity contribution in [3.8, 4) is 0 Å². The highest BCUT2D eigenvalue weighted by Crippen LogP contribution is 2.55. The molecule has 10 nitrogen and oxygen atoms in total. The lowest BCUT2D eigenvalue weighted by atomic mass is 10.0. The summed E-state index contributed by atoms with van der Waals surface area (Å²) in [5.74, 6) is -0.0254.